The van der Waals surface area contributed by atoms with Crippen molar-refractivity contribution in [3.8, 4) is 0 Å². The summed E-state index contributed by atoms with van der Waals surface area (Å²) in [6, 6.07) is 7.85. The fraction of sp³-hybridized carbons (Fsp3) is 0.308. The van der Waals surface area contributed by atoms with Crippen LogP contribution in [0.15, 0.2) is 24.3 Å². The van der Waals surface area contributed by atoms with E-state index in [1.165, 1.54) is 18.5 Å². The quantitative estimate of drug-likeness (QED) is 0.901. The van der Waals surface area contributed by atoms with Gasteiger partial charge >= 0.3 is 0 Å². The SMILES string of the molecule is CC(=O)Nc1cccc(C(C)Nc2nc(C)ns2)c1. The first-order chi connectivity index (χ1) is 9.04. The van der Waals surface area contributed by atoms with Gasteiger partial charge in [0.05, 0.1) is 6.04 Å². The van der Waals surface area contributed by atoms with Gasteiger partial charge in [-0.1, -0.05) is 12.1 Å². The molecule has 1 unspecified atom stereocenters. The molecule has 0 spiro atoms. The topological polar surface area (TPSA) is 66.9 Å². The van der Waals surface area contributed by atoms with E-state index < -0.39 is 0 Å². The maximum Gasteiger partial charge on any atom is 0.221 e. The molecule has 2 aromatic rings. The van der Waals surface area contributed by atoms with Crippen molar-refractivity contribution in [2.45, 2.75) is 26.8 Å². The molecule has 6 heteroatoms. The van der Waals surface area contributed by atoms with Gasteiger partial charge in [-0.15, -0.1) is 0 Å². The van der Waals surface area contributed by atoms with Crippen molar-refractivity contribution in [2.75, 3.05) is 10.6 Å². The number of anilines is 2. The number of rotatable bonds is 4. The second kappa shape index (κ2) is 5.79. The van der Waals surface area contributed by atoms with E-state index in [-0.39, 0.29) is 11.9 Å². The molecule has 1 aromatic carbocycles. The van der Waals surface area contributed by atoms with Gasteiger partial charge in [-0.2, -0.15) is 4.37 Å². The first-order valence-electron chi connectivity index (χ1n) is 5.99. The molecule has 0 aliphatic carbocycles. The number of benzene rings is 1. The van der Waals surface area contributed by atoms with Gasteiger partial charge < -0.3 is 10.6 Å². The Morgan fingerprint density at radius 3 is 2.84 bits per heavy atom. The normalized spacial score (nSPS) is 11.9. The minimum atomic E-state index is -0.0717. The third kappa shape index (κ3) is 3.75. The molecule has 2 N–H and O–H groups in total. The summed E-state index contributed by atoms with van der Waals surface area (Å²) >= 11 is 1.35. The van der Waals surface area contributed by atoms with E-state index in [1.54, 1.807) is 0 Å². The molecule has 1 aromatic heterocycles. The number of carbonyl (C=O) groups excluding carboxylic acids is 1. The van der Waals surface area contributed by atoms with Crippen LogP contribution in [0.2, 0.25) is 0 Å². The summed E-state index contributed by atoms with van der Waals surface area (Å²) in [5.41, 5.74) is 1.88. The minimum absolute atomic E-state index is 0.0717. The molecule has 0 fully saturated rings. The summed E-state index contributed by atoms with van der Waals surface area (Å²) in [6.45, 7) is 5.41. The van der Waals surface area contributed by atoms with Crippen LogP contribution in [-0.4, -0.2) is 15.3 Å². The first kappa shape index (κ1) is 13.5. The smallest absolute Gasteiger partial charge is 0.221 e. The standard InChI is InChI=1S/C13H16N4OS/c1-8(14-13-15-9(2)17-19-13)11-5-4-6-12(7-11)16-10(3)18/h4-8H,1-3H3,(H,16,18)(H,14,15,17). The Labute approximate surface area is 116 Å². The van der Waals surface area contributed by atoms with Gasteiger partial charge in [0, 0.05) is 24.1 Å². The van der Waals surface area contributed by atoms with Gasteiger partial charge in [0.25, 0.3) is 0 Å². The number of aromatic nitrogens is 2. The Hall–Kier alpha value is -1.95. The van der Waals surface area contributed by atoms with Crippen LogP contribution in [0.5, 0.6) is 0 Å². The van der Waals surface area contributed by atoms with Gasteiger partial charge in [-0.05, 0) is 31.5 Å². The second-order valence-corrected chi connectivity index (χ2v) is 5.07. The fourth-order valence-electron chi connectivity index (χ4n) is 1.71. The zero-order valence-corrected chi connectivity index (χ0v) is 11.9. The number of nitrogens with zero attached hydrogens (tertiary/aromatic N) is 2. The molecule has 0 radical (unpaired) electrons. The predicted molar refractivity (Wildman–Crippen MR) is 77.4 cm³/mol. The molecule has 0 aliphatic rings. The van der Waals surface area contributed by atoms with Crippen molar-refractivity contribution in [2.24, 2.45) is 0 Å². The zero-order valence-electron chi connectivity index (χ0n) is 11.1. The highest BCUT2D eigenvalue weighted by Crippen LogP contribution is 2.22. The minimum Gasteiger partial charge on any atom is -0.354 e. The van der Waals surface area contributed by atoms with Crippen LogP contribution >= 0.6 is 11.5 Å². The Morgan fingerprint density at radius 2 is 2.21 bits per heavy atom. The van der Waals surface area contributed by atoms with Crippen LogP contribution in [-0.2, 0) is 4.79 Å². The van der Waals surface area contributed by atoms with Gasteiger partial charge in [0.2, 0.25) is 11.0 Å². The van der Waals surface area contributed by atoms with E-state index in [9.17, 15) is 4.79 Å². The van der Waals surface area contributed by atoms with Gasteiger partial charge in [0.1, 0.15) is 5.82 Å². The highest BCUT2D eigenvalue weighted by molar-refractivity contribution is 7.09. The maximum absolute atomic E-state index is 11.0. The number of amides is 1. The molecule has 1 amide bonds. The Morgan fingerprint density at radius 1 is 1.42 bits per heavy atom. The Bertz CT molecular complexity index is 582. The third-order valence-corrected chi connectivity index (χ3v) is 3.31. The van der Waals surface area contributed by atoms with E-state index in [0.29, 0.717) is 0 Å². The molecule has 0 aliphatic heterocycles. The summed E-state index contributed by atoms with van der Waals surface area (Å²) in [6.07, 6.45) is 0. The zero-order chi connectivity index (χ0) is 13.8. The first-order valence-corrected chi connectivity index (χ1v) is 6.76. The van der Waals surface area contributed by atoms with E-state index in [2.05, 4.69) is 20.0 Å². The summed E-state index contributed by atoms with van der Waals surface area (Å²) in [5.74, 6) is 0.698. The van der Waals surface area contributed by atoms with Crippen molar-refractivity contribution in [3.63, 3.8) is 0 Å². The lowest BCUT2D eigenvalue weighted by atomic mass is 10.1. The highest BCUT2D eigenvalue weighted by Gasteiger charge is 2.09. The lowest BCUT2D eigenvalue weighted by molar-refractivity contribution is -0.114. The molecule has 100 valence electrons. The Kier molecular flexibility index (Phi) is 4.11. The summed E-state index contributed by atoms with van der Waals surface area (Å²) in [5, 5.41) is 6.87. The van der Waals surface area contributed by atoms with Crippen LogP contribution in [0.1, 0.15) is 31.3 Å². The molecular weight excluding hydrogens is 260 g/mol. The highest BCUT2D eigenvalue weighted by atomic mass is 32.1. The van der Waals surface area contributed by atoms with Gasteiger partial charge in [-0.25, -0.2) is 4.98 Å². The summed E-state index contributed by atoms with van der Waals surface area (Å²) in [4.78, 5) is 15.3. The molecule has 5 nitrogen and oxygen atoms in total. The number of hydrogen-bond donors (Lipinski definition) is 2. The Balaban J connectivity index is 2.10. The van der Waals surface area contributed by atoms with Crippen LogP contribution in [0.4, 0.5) is 10.8 Å². The molecule has 0 saturated carbocycles. The van der Waals surface area contributed by atoms with Crippen molar-refractivity contribution in [1.29, 1.82) is 0 Å². The van der Waals surface area contributed by atoms with Gasteiger partial charge in [0.15, 0.2) is 0 Å². The number of nitrogens with one attached hydrogen (secondary N) is 2. The van der Waals surface area contributed by atoms with Crippen molar-refractivity contribution in [3.05, 3.63) is 35.7 Å². The van der Waals surface area contributed by atoms with Crippen LogP contribution in [0, 0.1) is 6.92 Å². The van der Waals surface area contributed by atoms with E-state index in [1.807, 2.05) is 38.1 Å². The molecule has 1 atom stereocenters. The van der Waals surface area contributed by atoms with E-state index >= 15 is 0 Å². The second-order valence-electron chi connectivity index (χ2n) is 4.32. The lowest BCUT2D eigenvalue weighted by Crippen LogP contribution is -2.09. The fourth-order valence-corrected chi connectivity index (χ4v) is 2.38. The molecular formula is C13H16N4OS. The van der Waals surface area contributed by atoms with Crippen molar-refractivity contribution in [1.82, 2.24) is 9.36 Å². The summed E-state index contributed by atoms with van der Waals surface area (Å²) in [7, 11) is 0. The monoisotopic (exact) mass is 276 g/mol. The van der Waals surface area contributed by atoms with E-state index in [4.69, 9.17) is 0 Å². The number of hydrogen-bond acceptors (Lipinski definition) is 5. The van der Waals surface area contributed by atoms with Gasteiger partial charge in [-0.3, -0.25) is 4.79 Å². The predicted octanol–water partition coefficient (Wildman–Crippen LogP) is 2.98. The average molecular weight is 276 g/mol. The molecule has 1 heterocycles. The molecule has 19 heavy (non-hydrogen) atoms. The largest absolute Gasteiger partial charge is 0.354 e. The van der Waals surface area contributed by atoms with E-state index in [0.717, 1.165) is 22.2 Å². The van der Waals surface area contributed by atoms with Crippen molar-refractivity contribution < 1.29 is 4.79 Å². The average Bonchev–Trinajstić information content (AvgIpc) is 2.74. The van der Waals surface area contributed by atoms with Crippen LogP contribution in [0.25, 0.3) is 0 Å². The van der Waals surface area contributed by atoms with Crippen molar-refractivity contribution >= 4 is 28.3 Å². The molecule has 2 rings (SSSR count). The van der Waals surface area contributed by atoms with Crippen LogP contribution < -0.4 is 10.6 Å². The van der Waals surface area contributed by atoms with Crippen LogP contribution in [0.3, 0.4) is 0 Å². The maximum atomic E-state index is 11.0. The molecule has 0 bridgehead atoms. The lowest BCUT2D eigenvalue weighted by Gasteiger charge is -2.14. The number of carbonyl (C=O) groups is 1. The molecule has 0 saturated heterocycles. The number of aryl methyl sites for hydroxylation is 1. The summed E-state index contributed by atoms with van der Waals surface area (Å²) < 4.78 is 4.13. The third-order valence-electron chi connectivity index (χ3n) is 2.57.